The number of nitrogens with zero attached hydrogens (tertiary/aromatic N) is 1. The monoisotopic (exact) mass is 515 g/mol. The highest BCUT2D eigenvalue weighted by molar-refractivity contribution is 5.70. The third kappa shape index (κ3) is 5.81. The number of pyridine rings is 1. The van der Waals surface area contributed by atoms with E-state index < -0.39 is 12.1 Å². The summed E-state index contributed by atoms with van der Waals surface area (Å²) in [6, 6.07) is 14.4. The summed E-state index contributed by atoms with van der Waals surface area (Å²) in [5, 5.41) is 9.18. The molecule has 1 aromatic heterocycles. The number of aliphatic carboxylic acids is 1. The number of aromatic nitrogens is 1. The van der Waals surface area contributed by atoms with Gasteiger partial charge in [-0.05, 0) is 60.7 Å². The lowest BCUT2D eigenvalue weighted by atomic mass is 9.96. The number of rotatable bonds is 8. The molecule has 2 aromatic carbocycles. The molecule has 1 aliphatic heterocycles. The number of benzene rings is 2. The first-order chi connectivity index (χ1) is 18.5. The fraction of sp³-hybridized carbons (Fsp3) is 0.355. The van der Waals surface area contributed by atoms with Crippen molar-refractivity contribution in [3.8, 4) is 34.6 Å². The van der Waals surface area contributed by atoms with E-state index in [1.807, 2.05) is 24.3 Å². The van der Waals surface area contributed by atoms with Crippen molar-refractivity contribution in [3.05, 3.63) is 77.2 Å². The molecule has 3 aromatic rings. The summed E-state index contributed by atoms with van der Waals surface area (Å²) < 4.78 is 32.6. The van der Waals surface area contributed by atoms with E-state index in [1.54, 1.807) is 31.3 Å². The van der Waals surface area contributed by atoms with Gasteiger partial charge in [0, 0.05) is 36.2 Å². The average Bonchev–Trinajstić information content (AvgIpc) is 3.34. The Morgan fingerprint density at radius 2 is 1.89 bits per heavy atom. The molecular formula is C31H30FNO5. The molecule has 1 saturated heterocycles. The maximum Gasteiger partial charge on any atom is 0.304 e. The van der Waals surface area contributed by atoms with E-state index in [0.29, 0.717) is 43.2 Å². The Kier molecular flexibility index (Phi) is 7.90. The molecule has 0 spiro atoms. The van der Waals surface area contributed by atoms with Gasteiger partial charge in [-0.25, -0.2) is 9.37 Å². The molecule has 0 amide bonds. The summed E-state index contributed by atoms with van der Waals surface area (Å²) in [4.78, 5) is 15.7. The van der Waals surface area contributed by atoms with Crippen LogP contribution in [0.3, 0.4) is 0 Å². The van der Waals surface area contributed by atoms with E-state index in [2.05, 4.69) is 16.8 Å². The van der Waals surface area contributed by atoms with E-state index in [-0.39, 0.29) is 24.3 Å². The number of hydrogen-bond donors (Lipinski definition) is 1. The molecule has 0 bridgehead atoms. The number of fused-ring (bicyclic) bond motifs is 1. The lowest BCUT2D eigenvalue weighted by Crippen LogP contribution is -2.26. The van der Waals surface area contributed by atoms with Crippen LogP contribution >= 0.6 is 0 Å². The zero-order chi connectivity index (χ0) is 26.5. The van der Waals surface area contributed by atoms with Crippen LogP contribution in [0.4, 0.5) is 4.39 Å². The van der Waals surface area contributed by atoms with Crippen molar-refractivity contribution < 1.29 is 28.5 Å². The minimum absolute atomic E-state index is 0.0669. The molecule has 1 N–H and O–H groups in total. The average molecular weight is 516 g/mol. The number of carbonyl (C=O) groups is 1. The van der Waals surface area contributed by atoms with Gasteiger partial charge in [-0.2, -0.15) is 0 Å². The van der Waals surface area contributed by atoms with Gasteiger partial charge in [0.25, 0.3) is 0 Å². The van der Waals surface area contributed by atoms with Crippen molar-refractivity contribution in [2.75, 3.05) is 13.2 Å². The van der Waals surface area contributed by atoms with Crippen molar-refractivity contribution >= 4 is 5.97 Å². The normalized spacial score (nSPS) is 17.7. The first-order valence-electron chi connectivity index (χ1n) is 12.9. The van der Waals surface area contributed by atoms with Crippen molar-refractivity contribution in [2.24, 2.45) is 0 Å². The Balaban J connectivity index is 1.32. The Morgan fingerprint density at radius 3 is 2.58 bits per heavy atom. The summed E-state index contributed by atoms with van der Waals surface area (Å²) >= 11 is 0. The molecule has 2 aliphatic rings. The van der Waals surface area contributed by atoms with Crippen LogP contribution in [0.1, 0.15) is 61.3 Å². The highest BCUT2D eigenvalue weighted by Gasteiger charge is 2.30. The molecule has 7 heteroatoms. The summed E-state index contributed by atoms with van der Waals surface area (Å²) in [6.07, 6.45) is 4.48. The fourth-order valence-corrected chi connectivity index (χ4v) is 5.18. The first kappa shape index (κ1) is 25.7. The van der Waals surface area contributed by atoms with Gasteiger partial charge in [-0.3, -0.25) is 4.79 Å². The second-order valence-corrected chi connectivity index (χ2v) is 9.56. The summed E-state index contributed by atoms with van der Waals surface area (Å²) in [5.74, 6) is 5.37. The van der Waals surface area contributed by atoms with Crippen LogP contribution in [0.5, 0.6) is 11.6 Å². The highest BCUT2D eigenvalue weighted by atomic mass is 19.1. The largest absolute Gasteiger partial charge is 0.486 e. The molecule has 6 nitrogen and oxygen atoms in total. The van der Waals surface area contributed by atoms with Crippen molar-refractivity contribution in [2.45, 2.75) is 57.2 Å². The Morgan fingerprint density at radius 1 is 1.11 bits per heavy atom. The number of carboxylic acids is 1. The molecule has 1 unspecified atom stereocenters. The number of hydrogen-bond acceptors (Lipinski definition) is 5. The lowest BCUT2D eigenvalue weighted by molar-refractivity contribution is -0.137. The molecule has 0 radical (unpaired) electrons. The van der Waals surface area contributed by atoms with E-state index in [1.165, 1.54) is 6.07 Å². The zero-order valence-electron chi connectivity index (χ0n) is 21.3. The topological polar surface area (TPSA) is 77.9 Å². The maximum absolute atomic E-state index is 15.0. The molecule has 0 saturated carbocycles. The number of halogens is 1. The number of carboxylic acid groups (broad SMARTS) is 1. The van der Waals surface area contributed by atoms with Crippen LogP contribution in [0.2, 0.25) is 0 Å². The summed E-state index contributed by atoms with van der Waals surface area (Å²) in [6.45, 7) is 3.10. The first-order valence-corrected chi connectivity index (χ1v) is 12.9. The third-order valence-corrected chi connectivity index (χ3v) is 7.04. The van der Waals surface area contributed by atoms with Crippen molar-refractivity contribution in [1.29, 1.82) is 0 Å². The van der Waals surface area contributed by atoms with Gasteiger partial charge in [0.15, 0.2) is 0 Å². The van der Waals surface area contributed by atoms with Crippen LogP contribution in [0.25, 0.3) is 11.1 Å². The Bertz CT molecular complexity index is 1340. The van der Waals surface area contributed by atoms with Crippen LogP contribution < -0.4 is 9.47 Å². The van der Waals surface area contributed by atoms with E-state index in [0.717, 1.165) is 35.1 Å². The minimum atomic E-state index is -0.899. The van der Waals surface area contributed by atoms with Gasteiger partial charge in [-0.15, -0.1) is 5.92 Å². The summed E-state index contributed by atoms with van der Waals surface area (Å²) in [7, 11) is 0. The molecule has 38 heavy (non-hydrogen) atoms. The van der Waals surface area contributed by atoms with Crippen LogP contribution in [0.15, 0.2) is 54.7 Å². The smallest absolute Gasteiger partial charge is 0.304 e. The van der Waals surface area contributed by atoms with E-state index in [4.69, 9.17) is 14.2 Å². The van der Waals surface area contributed by atoms with Crippen LogP contribution in [-0.4, -0.2) is 35.4 Å². The van der Waals surface area contributed by atoms with E-state index >= 15 is 4.39 Å². The molecule has 196 valence electrons. The molecule has 1 aliphatic carbocycles. The van der Waals surface area contributed by atoms with Gasteiger partial charge < -0.3 is 19.3 Å². The van der Waals surface area contributed by atoms with Gasteiger partial charge in [0.2, 0.25) is 5.88 Å². The quantitative estimate of drug-likeness (QED) is 0.366. The Hall–Kier alpha value is -3.89. The predicted molar refractivity (Wildman–Crippen MR) is 141 cm³/mol. The van der Waals surface area contributed by atoms with Gasteiger partial charge in [0.05, 0.1) is 25.6 Å². The van der Waals surface area contributed by atoms with Crippen LogP contribution in [-0.2, 0) is 16.0 Å². The second kappa shape index (κ2) is 11.7. The van der Waals surface area contributed by atoms with Gasteiger partial charge >= 0.3 is 5.97 Å². The number of ether oxygens (including phenoxy) is 3. The highest BCUT2D eigenvalue weighted by Crippen LogP contribution is 2.42. The lowest BCUT2D eigenvalue weighted by Gasteiger charge is -2.22. The molecule has 5 rings (SSSR count). The fourth-order valence-electron chi connectivity index (χ4n) is 5.18. The third-order valence-electron chi connectivity index (χ3n) is 7.04. The van der Waals surface area contributed by atoms with Crippen LogP contribution in [0, 0.1) is 17.7 Å². The van der Waals surface area contributed by atoms with Gasteiger partial charge in [-0.1, -0.05) is 24.1 Å². The van der Waals surface area contributed by atoms with E-state index in [9.17, 15) is 9.90 Å². The maximum atomic E-state index is 15.0. The van der Waals surface area contributed by atoms with Crippen molar-refractivity contribution in [1.82, 2.24) is 4.98 Å². The molecule has 2 atom stereocenters. The standard InChI is InChI=1S/C31H30FNO5/c1-2-3-21(18-30(34)35)20-4-7-23(8-5-20)37-28-12-10-26-25(9-11-27(32)31(26)28)22-6-13-29(33-19-22)38-24-14-16-36-17-15-24/h4-9,11,13,19,21,24,28H,10,12,14-18H2,1H3,(H,34,35)/t21?,28-/m1/s1. The zero-order valence-corrected chi connectivity index (χ0v) is 21.3. The molecule has 2 heterocycles. The van der Waals surface area contributed by atoms with Gasteiger partial charge in [0.1, 0.15) is 23.8 Å². The molecular weight excluding hydrogens is 485 g/mol. The Labute approximate surface area is 221 Å². The van der Waals surface area contributed by atoms with Crippen molar-refractivity contribution in [3.63, 3.8) is 0 Å². The second-order valence-electron chi connectivity index (χ2n) is 9.56. The predicted octanol–water partition coefficient (Wildman–Crippen LogP) is 6.09. The SMILES string of the molecule is CC#CC(CC(=O)O)c1ccc(O[C@@H]2CCc3c(-c4ccc(OC5CCOCC5)nc4)ccc(F)c32)cc1. The minimum Gasteiger partial charge on any atom is -0.486 e. The summed E-state index contributed by atoms with van der Waals surface area (Å²) in [5.41, 5.74) is 4.18. The molecule has 1 fully saturated rings.